The summed E-state index contributed by atoms with van der Waals surface area (Å²) in [5, 5.41) is 10.0. The van der Waals surface area contributed by atoms with Gasteiger partial charge in [-0.2, -0.15) is 5.10 Å². The summed E-state index contributed by atoms with van der Waals surface area (Å²) in [4.78, 5) is 0. The number of allylic oxidation sites excluding steroid dienone is 2. The molecular formula is C8H9N3. The number of anilines is 1. The minimum Gasteiger partial charge on any atom is -0.345 e. The molecule has 0 amide bonds. The average molecular weight is 147 g/mol. The van der Waals surface area contributed by atoms with E-state index in [1.807, 2.05) is 31.4 Å². The highest BCUT2D eigenvalue weighted by Gasteiger charge is 2.05. The van der Waals surface area contributed by atoms with Crippen LogP contribution >= 0.6 is 0 Å². The Morgan fingerprint density at radius 2 is 2.27 bits per heavy atom. The van der Waals surface area contributed by atoms with Gasteiger partial charge in [0, 0.05) is 17.5 Å². The lowest BCUT2D eigenvalue weighted by molar-refractivity contribution is 1.05. The first-order chi connectivity index (χ1) is 5.38. The van der Waals surface area contributed by atoms with Gasteiger partial charge in [0.2, 0.25) is 0 Å². The maximum absolute atomic E-state index is 4.08. The SMILES string of the molecule is Cc1[nH]nc2c1C=CC=CN2. The highest BCUT2D eigenvalue weighted by molar-refractivity contribution is 5.68. The molecule has 2 N–H and O–H groups in total. The molecule has 1 aromatic heterocycles. The van der Waals surface area contributed by atoms with Crippen LogP contribution in [0.5, 0.6) is 0 Å². The number of hydrogen-bond donors (Lipinski definition) is 2. The molecule has 2 heterocycles. The van der Waals surface area contributed by atoms with E-state index >= 15 is 0 Å². The van der Waals surface area contributed by atoms with Gasteiger partial charge < -0.3 is 5.32 Å². The van der Waals surface area contributed by atoms with E-state index in [0.717, 1.165) is 17.1 Å². The zero-order valence-corrected chi connectivity index (χ0v) is 6.26. The maximum atomic E-state index is 4.08. The Hall–Kier alpha value is -1.51. The van der Waals surface area contributed by atoms with Crippen LogP contribution in [0.1, 0.15) is 11.3 Å². The van der Waals surface area contributed by atoms with E-state index in [0.29, 0.717) is 0 Å². The van der Waals surface area contributed by atoms with Crippen LogP contribution in [-0.4, -0.2) is 10.2 Å². The Kier molecular flexibility index (Phi) is 1.28. The standard InChI is InChI=1S/C8H9N3/c1-6-7-4-2-3-5-9-8(7)11-10-6/h2-5H,1H3,(H2,9,10,11). The van der Waals surface area contributed by atoms with Crippen LogP contribution in [0, 0.1) is 6.92 Å². The fraction of sp³-hybridized carbons (Fsp3) is 0.125. The number of rotatable bonds is 0. The Morgan fingerprint density at radius 1 is 1.36 bits per heavy atom. The van der Waals surface area contributed by atoms with Crippen LogP contribution in [0.3, 0.4) is 0 Å². The molecule has 1 aliphatic heterocycles. The molecule has 0 aromatic carbocycles. The van der Waals surface area contributed by atoms with E-state index < -0.39 is 0 Å². The molecule has 0 bridgehead atoms. The van der Waals surface area contributed by atoms with Gasteiger partial charge in [-0.3, -0.25) is 5.10 Å². The van der Waals surface area contributed by atoms with E-state index in [2.05, 4.69) is 15.5 Å². The second-order valence-electron chi connectivity index (χ2n) is 2.47. The second-order valence-corrected chi connectivity index (χ2v) is 2.47. The topological polar surface area (TPSA) is 40.7 Å². The summed E-state index contributed by atoms with van der Waals surface area (Å²) in [7, 11) is 0. The van der Waals surface area contributed by atoms with E-state index in [1.54, 1.807) is 0 Å². The van der Waals surface area contributed by atoms with Crippen molar-refractivity contribution in [3.8, 4) is 0 Å². The smallest absolute Gasteiger partial charge is 0.159 e. The molecule has 0 spiro atoms. The molecule has 3 heteroatoms. The highest BCUT2D eigenvalue weighted by Crippen LogP contribution is 2.19. The highest BCUT2D eigenvalue weighted by atomic mass is 15.2. The number of fused-ring (bicyclic) bond motifs is 1. The summed E-state index contributed by atoms with van der Waals surface area (Å²) in [5.74, 6) is 0.896. The Balaban J connectivity index is 2.55. The Labute approximate surface area is 64.8 Å². The van der Waals surface area contributed by atoms with Crippen molar-refractivity contribution in [1.29, 1.82) is 0 Å². The lowest BCUT2D eigenvalue weighted by atomic mass is 10.2. The van der Waals surface area contributed by atoms with Crippen molar-refractivity contribution < 1.29 is 0 Å². The molecule has 2 rings (SSSR count). The lowest BCUT2D eigenvalue weighted by Gasteiger charge is -1.93. The molecule has 0 saturated carbocycles. The van der Waals surface area contributed by atoms with Crippen molar-refractivity contribution in [3.63, 3.8) is 0 Å². The molecule has 3 nitrogen and oxygen atoms in total. The number of aromatic amines is 1. The molecule has 1 aliphatic rings. The van der Waals surface area contributed by atoms with Gasteiger partial charge in [0.15, 0.2) is 5.82 Å². The number of hydrogen-bond acceptors (Lipinski definition) is 2. The third-order valence-corrected chi connectivity index (χ3v) is 1.68. The van der Waals surface area contributed by atoms with Crippen molar-refractivity contribution >= 4 is 11.9 Å². The summed E-state index contributed by atoms with van der Waals surface area (Å²) in [5.41, 5.74) is 2.22. The van der Waals surface area contributed by atoms with Crippen LogP contribution in [0.4, 0.5) is 5.82 Å². The molecule has 0 radical (unpaired) electrons. The molecule has 0 aliphatic carbocycles. The maximum Gasteiger partial charge on any atom is 0.159 e. The minimum atomic E-state index is 0.896. The summed E-state index contributed by atoms with van der Waals surface area (Å²) >= 11 is 0. The number of nitrogens with one attached hydrogen (secondary N) is 2. The first kappa shape index (κ1) is 6.22. The fourth-order valence-corrected chi connectivity index (χ4v) is 1.09. The number of aryl methyl sites for hydroxylation is 1. The van der Waals surface area contributed by atoms with Crippen molar-refractivity contribution in [3.05, 3.63) is 29.6 Å². The van der Waals surface area contributed by atoms with E-state index in [1.165, 1.54) is 0 Å². The summed E-state index contributed by atoms with van der Waals surface area (Å²) < 4.78 is 0. The zero-order chi connectivity index (χ0) is 7.68. The fourth-order valence-electron chi connectivity index (χ4n) is 1.09. The Bertz CT molecular complexity index is 320. The van der Waals surface area contributed by atoms with E-state index in [4.69, 9.17) is 0 Å². The molecule has 1 aromatic rings. The van der Waals surface area contributed by atoms with Crippen molar-refractivity contribution in [2.75, 3.05) is 5.32 Å². The van der Waals surface area contributed by atoms with Gasteiger partial charge in [-0.1, -0.05) is 6.08 Å². The third kappa shape index (κ3) is 0.941. The number of aromatic nitrogens is 2. The van der Waals surface area contributed by atoms with Gasteiger partial charge in [-0.15, -0.1) is 0 Å². The van der Waals surface area contributed by atoms with Crippen LogP contribution < -0.4 is 5.32 Å². The first-order valence-corrected chi connectivity index (χ1v) is 3.52. The van der Waals surface area contributed by atoms with Gasteiger partial charge in [0.05, 0.1) is 0 Å². The van der Waals surface area contributed by atoms with Gasteiger partial charge in [0.25, 0.3) is 0 Å². The average Bonchev–Trinajstić information content (AvgIpc) is 2.25. The summed E-state index contributed by atoms with van der Waals surface area (Å²) in [6, 6.07) is 0. The predicted molar refractivity (Wildman–Crippen MR) is 45.1 cm³/mol. The van der Waals surface area contributed by atoms with Crippen LogP contribution in [0.25, 0.3) is 6.08 Å². The molecule has 0 fully saturated rings. The van der Waals surface area contributed by atoms with E-state index in [9.17, 15) is 0 Å². The second kappa shape index (κ2) is 2.27. The molecule has 0 unspecified atom stereocenters. The van der Waals surface area contributed by atoms with Gasteiger partial charge in [-0.05, 0) is 19.1 Å². The number of H-pyrrole nitrogens is 1. The normalized spacial score (nSPS) is 13.9. The summed E-state index contributed by atoms with van der Waals surface area (Å²) in [6.07, 6.45) is 7.83. The number of nitrogens with zero attached hydrogens (tertiary/aromatic N) is 1. The van der Waals surface area contributed by atoms with Crippen molar-refractivity contribution in [2.24, 2.45) is 0 Å². The third-order valence-electron chi connectivity index (χ3n) is 1.68. The quantitative estimate of drug-likeness (QED) is 0.586. The van der Waals surface area contributed by atoms with Gasteiger partial charge in [-0.25, -0.2) is 0 Å². The largest absolute Gasteiger partial charge is 0.345 e. The van der Waals surface area contributed by atoms with Gasteiger partial charge >= 0.3 is 0 Å². The molecule has 0 saturated heterocycles. The predicted octanol–water partition coefficient (Wildman–Crippen LogP) is 1.67. The zero-order valence-electron chi connectivity index (χ0n) is 6.26. The monoisotopic (exact) mass is 147 g/mol. The lowest BCUT2D eigenvalue weighted by Crippen LogP contribution is -1.87. The first-order valence-electron chi connectivity index (χ1n) is 3.52. The minimum absolute atomic E-state index is 0.896. The molecular weight excluding hydrogens is 138 g/mol. The summed E-state index contributed by atoms with van der Waals surface area (Å²) in [6.45, 7) is 2.00. The van der Waals surface area contributed by atoms with Gasteiger partial charge in [0.1, 0.15) is 0 Å². The van der Waals surface area contributed by atoms with Crippen LogP contribution in [-0.2, 0) is 0 Å². The van der Waals surface area contributed by atoms with Crippen molar-refractivity contribution in [2.45, 2.75) is 6.92 Å². The van der Waals surface area contributed by atoms with Crippen LogP contribution in [0.15, 0.2) is 18.4 Å². The molecule has 56 valence electrons. The Morgan fingerprint density at radius 3 is 3.18 bits per heavy atom. The molecule has 11 heavy (non-hydrogen) atoms. The van der Waals surface area contributed by atoms with Crippen LogP contribution in [0.2, 0.25) is 0 Å². The molecule has 0 atom stereocenters. The van der Waals surface area contributed by atoms with Crippen molar-refractivity contribution in [1.82, 2.24) is 10.2 Å². The van der Waals surface area contributed by atoms with E-state index in [-0.39, 0.29) is 0 Å².